The summed E-state index contributed by atoms with van der Waals surface area (Å²) in [5.41, 5.74) is 0. The molecule has 0 aromatic carbocycles. The van der Waals surface area contributed by atoms with Crippen LogP contribution in [-0.2, 0) is 22.2 Å². The van der Waals surface area contributed by atoms with E-state index < -0.39 is 5.97 Å². The summed E-state index contributed by atoms with van der Waals surface area (Å²) in [6.07, 6.45) is 0. The second-order valence-electron chi connectivity index (χ2n) is 0.519. The molecule has 0 atom stereocenters. The van der Waals surface area contributed by atoms with E-state index in [2.05, 4.69) is 0 Å². The molecule has 0 rings (SSSR count). The van der Waals surface area contributed by atoms with Gasteiger partial charge in [0.05, 0.1) is 0 Å². The van der Waals surface area contributed by atoms with Crippen LogP contribution >= 0.6 is 0 Å². The molecule has 14 heavy (non-hydrogen) atoms. The van der Waals surface area contributed by atoms with Crippen LogP contribution in [0.3, 0.4) is 0 Å². The standard InChI is InChI=1S/C2H4O2.Cr.9H2O/c1-2(3)4;;;;;;;;;;/h1H3,(H,3,4);;9*1H2. The first-order chi connectivity index (χ1) is 1.73. The number of rotatable bonds is 0. The summed E-state index contributed by atoms with van der Waals surface area (Å²) in [6, 6.07) is 0. The molecule has 102 valence electrons. The van der Waals surface area contributed by atoms with Gasteiger partial charge in [0.15, 0.2) is 0 Å². The molecule has 19 N–H and O–H groups in total. The quantitative estimate of drug-likeness (QED) is 0.449. The first-order valence-corrected chi connectivity index (χ1v) is 0.928. The summed E-state index contributed by atoms with van der Waals surface area (Å²) in [4.78, 5) is 9.00. The first-order valence-electron chi connectivity index (χ1n) is 0.928. The zero-order valence-electron chi connectivity index (χ0n) is 7.26. The van der Waals surface area contributed by atoms with Gasteiger partial charge in [0.2, 0.25) is 0 Å². The third kappa shape index (κ3) is 10300. The Bertz CT molecular complexity index is 36.3. The molecule has 0 aliphatic carbocycles. The van der Waals surface area contributed by atoms with Crippen molar-refractivity contribution in [1.29, 1.82) is 0 Å². The van der Waals surface area contributed by atoms with Gasteiger partial charge in [-0.1, -0.05) is 0 Å². The van der Waals surface area contributed by atoms with E-state index in [0.29, 0.717) is 0 Å². The second kappa shape index (κ2) is 245. The van der Waals surface area contributed by atoms with E-state index in [9.17, 15) is 0 Å². The molecule has 0 aliphatic heterocycles. The van der Waals surface area contributed by atoms with Crippen LogP contribution in [0.2, 0.25) is 0 Å². The van der Waals surface area contributed by atoms with E-state index in [0.717, 1.165) is 6.92 Å². The molecule has 0 amide bonds. The zero-order chi connectivity index (χ0) is 3.58. The van der Waals surface area contributed by atoms with Gasteiger partial charge in [0.1, 0.15) is 0 Å². The van der Waals surface area contributed by atoms with E-state index in [1.54, 1.807) is 0 Å². The molecule has 0 aromatic rings. The van der Waals surface area contributed by atoms with Crippen molar-refractivity contribution < 1.29 is 76.5 Å². The van der Waals surface area contributed by atoms with Crippen LogP contribution < -0.4 is 0 Å². The van der Waals surface area contributed by atoms with Gasteiger partial charge in [-0.2, -0.15) is 0 Å². The van der Waals surface area contributed by atoms with Gasteiger partial charge in [-0.15, -0.1) is 0 Å². The summed E-state index contributed by atoms with van der Waals surface area (Å²) in [7, 11) is 0. The maximum Gasteiger partial charge on any atom is 0.300 e. The van der Waals surface area contributed by atoms with E-state index in [1.807, 2.05) is 0 Å². The van der Waals surface area contributed by atoms with Gasteiger partial charge in [-0.05, 0) is 0 Å². The predicted molar refractivity (Wildman–Crippen MR) is 45.8 cm³/mol. The minimum absolute atomic E-state index is 0. The Hall–Kier alpha value is -0.358. The van der Waals surface area contributed by atoms with Crippen molar-refractivity contribution in [2.24, 2.45) is 0 Å². The second-order valence-corrected chi connectivity index (χ2v) is 0.519. The van der Waals surface area contributed by atoms with Crippen molar-refractivity contribution in [3.05, 3.63) is 0 Å². The van der Waals surface area contributed by atoms with Crippen molar-refractivity contribution >= 4 is 5.97 Å². The predicted octanol–water partition coefficient (Wildman–Crippen LogP) is -7.33. The Kier molecular flexibility index (Phi) is 5470. The average Bonchev–Trinajstić information content (AvgIpc) is 0.811. The van der Waals surface area contributed by atoms with Crippen LogP contribution in [0, 0.1) is 0 Å². The van der Waals surface area contributed by atoms with Gasteiger partial charge in [0.25, 0.3) is 5.97 Å². The minimum atomic E-state index is -0.833. The minimum Gasteiger partial charge on any atom is -0.481 e. The molecule has 0 aliphatic rings. The molecular formula is C2H22CrO11. The summed E-state index contributed by atoms with van der Waals surface area (Å²) in [6.45, 7) is 1.08. The van der Waals surface area contributed by atoms with Crippen molar-refractivity contribution in [2.45, 2.75) is 6.92 Å². The molecule has 11 nitrogen and oxygen atoms in total. The number of hydrogen-bond donors (Lipinski definition) is 1. The number of carbonyl (C=O) groups is 1. The number of hydrogen-bond acceptors (Lipinski definition) is 1. The molecule has 0 aromatic heterocycles. The van der Waals surface area contributed by atoms with Crippen LogP contribution in [0.25, 0.3) is 0 Å². The smallest absolute Gasteiger partial charge is 0.300 e. The number of aliphatic carboxylic acids is 1. The molecule has 0 radical (unpaired) electrons. The number of carboxylic acids is 1. The van der Waals surface area contributed by atoms with Crippen molar-refractivity contribution in [2.75, 3.05) is 0 Å². The molecule has 0 heterocycles. The first kappa shape index (κ1) is 312. The summed E-state index contributed by atoms with van der Waals surface area (Å²) < 4.78 is 0. The molecule has 12 heteroatoms. The SMILES string of the molecule is CC(=O)O.O.O.O.O.O.O.O.O.O.[Cr]. The van der Waals surface area contributed by atoms with E-state index in [1.165, 1.54) is 0 Å². The largest absolute Gasteiger partial charge is 0.481 e. The van der Waals surface area contributed by atoms with Gasteiger partial charge < -0.3 is 54.4 Å². The van der Waals surface area contributed by atoms with Crippen LogP contribution in [0.5, 0.6) is 0 Å². The molecule has 0 spiro atoms. The average molecular weight is 274 g/mol. The molecule has 0 fully saturated rings. The monoisotopic (exact) mass is 274 g/mol. The Morgan fingerprint density at radius 3 is 0.714 bits per heavy atom. The van der Waals surface area contributed by atoms with E-state index in [-0.39, 0.29) is 66.6 Å². The summed E-state index contributed by atoms with van der Waals surface area (Å²) >= 11 is 0. The van der Waals surface area contributed by atoms with Gasteiger partial charge in [0, 0.05) is 24.3 Å². The van der Waals surface area contributed by atoms with Crippen molar-refractivity contribution in [3.8, 4) is 0 Å². The fourth-order valence-electron chi connectivity index (χ4n) is 0. The van der Waals surface area contributed by atoms with Crippen LogP contribution in [-0.4, -0.2) is 60.4 Å². The Morgan fingerprint density at radius 2 is 0.714 bits per heavy atom. The Balaban J connectivity index is -0.000000001000. The zero-order valence-corrected chi connectivity index (χ0v) is 8.54. The van der Waals surface area contributed by atoms with Gasteiger partial charge in [-0.3, -0.25) is 4.79 Å². The molecular weight excluding hydrogens is 252 g/mol. The van der Waals surface area contributed by atoms with Gasteiger partial charge >= 0.3 is 0 Å². The summed E-state index contributed by atoms with van der Waals surface area (Å²) in [5.74, 6) is -0.833. The molecule has 0 unspecified atom stereocenters. The molecule has 0 saturated carbocycles. The summed E-state index contributed by atoms with van der Waals surface area (Å²) in [5, 5.41) is 7.42. The number of carboxylic acid groups (broad SMARTS) is 1. The normalized spacial score (nSPS) is 1.79. The topological polar surface area (TPSA) is 321 Å². The molecule has 0 bridgehead atoms. The third-order valence-corrected chi connectivity index (χ3v) is 0. The third-order valence-electron chi connectivity index (χ3n) is 0. The van der Waals surface area contributed by atoms with Gasteiger partial charge in [-0.25, -0.2) is 0 Å². The van der Waals surface area contributed by atoms with Crippen molar-refractivity contribution in [1.82, 2.24) is 0 Å². The van der Waals surface area contributed by atoms with E-state index >= 15 is 0 Å². The fourth-order valence-corrected chi connectivity index (χ4v) is 0. The van der Waals surface area contributed by atoms with E-state index in [4.69, 9.17) is 9.90 Å². The maximum absolute atomic E-state index is 9.00. The Labute approximate surface area is 90.3 Å². The fraction of sp³-hybridized carbons (Fsp3) is 0.500. The van der Waals surface area contributed by atoms with Crippen molar-refractivity contribution in [3.63, 3.8) is 0 Å². The molecule has 0 saturated heterocycles. The van der Waals surface area contributed by atoms with Crippen LogP contribution in [0.15, 0.2) is 0 Å². The Morgan fingerprint density at radius 1 is 0.714 bits per heavy atom. The van der Waals surface area contributed by atoms with Crippen LogP contribution in [0.1, 0.15) is 6.92 Å². The maximum atomic E-state index is 9.00. The van der Waals surface area contributed by atoms with Crippen LogP contribution in [0.4, 0.5) is 0 Å².